The molecule has 1 aliphatic carbocycles. The molecule has 2 aliphatic rings. The molecule has 0 radical (unpaired) electrons. The quantitative estimate of drug-likeness (QED) is 0.462. The van der Waals surface area contributed by atoms with E-state index in [-0.39, 0.29) is 17.4 Å². The number of sulfonamides is 1. The number of hydrogen-bond donors (Lipinski definition) is 0. The van der Waals surface area contributed by atoms with E-state index in [9.17, 15) is 8.42 Å². The molecule has 0 bridgehead atoms. The van der Waals surface area contributed by atoms with Gasteiger partial charge in [0.15, 0.2) is 0 Å². The van der Waals surface area contributed by atoms with Crippen molar-refractivity contribution in [2.24, 2.45) is 5.92 Å². The number of ether oxygens (including phenoxy) is 1. The van der Waals surface area contributed by atoms with Gasteiger partial charge in [-0.25, -0.2) is 12.7 Å². The summed E-state index contributed by atoms with van der Waals surface area (Å²) in [4.78, 5) is 2.77. The van der Waals surface area contributed by atoms with Crippen molar-refractivity contribution in [2.45, 2.75) is 69.4 Å². The smallest absolute Gasteiger partial charge is 0.242 e. The Balaban J connectivity index is 1.30. The minimum absolute atomic E-state index is 0.00821. The maximum absolute atomic E-state index is 13.0. The van der Waals surface area contributed by atoms with Crippen LogP contribution < -0.4 is 4.74 Å². The highest BCUT2D eigenvalue weighted by Gasteiger charge is 2.35. The molecule has 0 unspecified atom stereocenters. The average molecular weight is 505 g/mol. The van der Waals surface area contributed by atoms with Crippen LogP contribution in [0.4, 0.5) is 0 Å². The van der Waals surface area contributed by atoms with Gasteiger partial charge in [-0.1, -0.05) is 56.6 Å². The molecule has 1 heterocycles. The molecule has 1 saturated heterocycles. The standard InChI is InChI=1S/C27H37ClN2O3S/c1-27(2,3)22-10-12-24(13-11-22)34(31,32)29(4)18-20-16-23(17-20)33-25-9-7-8-21(26(25)28)19-30-14-5-6-15-30/h7-13,20,23H,5-6,14-19H2,1-4H3. The number of likely N-dealkylation sites (tertiary alicyclic amines) is 1. The Morgan fingerprint density at radius 2 is 1.71 bits per heavy atom. The highest BCUT2D eigenvalue weighted by Crippen LogP contribution is 2.37. The first-order chi connectivity index (χ1) is 16.0. The Morgan fingerprint density at radius 3 is 2.32 bits per heavy atom. The molecule has 4 rings (SSSR count). The molecule has 0 N–H and O–H groups in total. The summed E-state index contributed by atoms with van der Waals surface area (Å²) in [5, 5.41) is 0.705. The number of rotatable bonds is 8. The molecular weight excluding hydrogens is 468 g/mol. The van der Waals surface area contributed by atoms with E-state index < -0.39 is 10.0 Å². The largest absolute Gasteiger partial charge is 0.489 e. The zero-order chi connectivity index (χ0) is 24.5. The van der Waals surface area contributed by atoms with Gasteiger partial charge in [-0.2, -0.15) is 0 Å². The molecule has 1 saturated carbocycles. The molecule has 0 amide bonds. The minimum atomic E-state index is -3.51. The van der Waals surface area contributed by atoms with Gasteiger partial charge in [-0.05, 0) is 79.4 Å². The van der Waals surface area contributed by atoms with Gasteiger partial charge in [0.25, 0.3) is 0 Å². The van der Waals surface area contributed by atoms with Crippen LogP contribution in [0.3, 0.4) is 0 Å². The molecule has 7 heteroatoms. The minimum Gasteiger partial charge on any atom is -0.489 e. The maximum Gasteiger partial charge on any atom is 0.242 e. The molecule has 2 aromatic carbocycles. The number of halogens is 1. The number of nitrogens with zero attached hydrogens (tertiary/aromatic N) is 2. The Labute approximate surface area is 210 Å². The first-order valence-electron chi connectivity index (χ1n) is 12.3. The zero-order valence-corrected chi connectivity index (χ0v) is 22.3. The van der Waals surface area contributed by atoms with Crippen molar-refractivity contribution >= 4 is 21.6 Å². The molecule has 1 aliphatic heterocycles. The van der Waals surface area contributed by atoms with Crippen LogP contribution in [0.15, 0.2) is 47.4 Å². The van der Waals surface area contributed by atoms with Gasteiger partial charge in [0.05, 0.1) is 16.0 Å². The lowest BCUT2D eigenvalue weighted by molar-refractivity contribution is 0.0575. The topological polar surface area (TPSA) is 49.9 Å². The van der Waals surface area contributed by atoms with Crippen molar-refractivity contribution in [3.8, 4) is 5.75 Å². The first kappa shape index (κ1) is 25.5. The molecular formula is C27H37ClN2O3S. The monoisotopic (exact) mass is 504 g/mol. The van der Waals surface area contributed by atoms with Crippen LogP contribution in [0.25, 0.3) is 0 Å². The van der Waals surface area contributed by atoms with E-state index in [1.54, 1.807) is 19.2 Å². The second kappa shape index (κ2) is 10.2. The third-order valence-corrected chi connectivity index (χ3v) is 9.33. The second-order valence-corrected chi connectivity index (χ2v) is 13.3. The van der Waals surface area contributed by atoms with Crippen molar-refractivity contribution in [3.05, 3.63) is 58.6 Å². The van der Waals surface area contributed by atoms with E-state index in [1.165, 1.54) is 17.1 Å². The summed E-state index contributed by atoms with van der Waals surface area (Å²) < 4.78 is 33.7. The highest BCUT2D eigenvalue weighted by atomic mass is 35.5. The fourth-order valence-electron chi connectivity index (χ4n) is 4.82. The Kier molecular flexibility index (Phi) is 7.63. The molecule has 2 aromatic rings. The molecule has 0 aromatic heterocycles. The lowest BCUT2D eigenvalue weighted by atomic mass is 9.82. The molecule has 34 heavy (non-hydrogen) atoms. The third kappa shape index (κ3) is 5.78. The predicted octanol–water partition coefficient (Wildman–Crippen LogP) is 5.71. The van der Waals surface area contributed by atoms with E-state index in [4.69, 9.17) is 16.3 Å². The van der Waals surface area contributed by atoms with Gasteiger partial charge in [0.2, 0.25) is 10.0 Å². The highest BCUT2D eigenvalue weighted by molar-refractivity contribution is 7.89. The molecule has 5 nitrogen and oxygen atoms in total. The van der Waals surface area contributed by atoms with Crippen LogP contribution in [0, 0.1) is 5.92 Å². The van der Waals surface area contributed by atoms with Crippen LogP contribution in [0.5, 0.6) is 5.75 Å². The van der Waals surface area contributed by atoms with Crippen molar-refractivity contribution in [3.63, 3.8) is 0 Å². The van der Waals surface area contributed by atoms with Crippen LogP contribution in [0.1, 0.15) is 57.6 Å². The van der Waals surface area contributed by atoms with Gasteiger partial charge in [-0.3, -0.25) is 4.90 Å². The molecule has 0 atom stereocenters. The lowest BCUT2D eigenvalue weighted by Crippen LogP contribution is -2.41. The van der Waals surface area contributed by atoms with Gasteiger partial charge in [0.1, 0.15) is 5.75 Å². The molecule has 2 fully saturated rings. The van der Waals surface area contributed by atoms with Crippen molar-refractivity contribution in [2.75, 3.05) is 26.7 Å². The van der Waals surface area contributed by atoms with Crippen LogP contribution in [-0.2, 0) is 22.0 Å². The van der Waals surface area contributed by atoms with Gasteiger partial charge in [-0.15, -0.1) is 0 Å². The lowest BCUT2D eigenvalue weighted by Gasteiger charge is -2.37. The Hall–Kier alpha value is -1.60. The number of benzene rings is 2. The normalized spacial score (nSPS) is 21.6. The Morgan fingerprint density at radius 1 is 1.06 bits per heavy atom. The summed E-state index contributed by atoms with van der Waals surface area (Å²) in [6.45, 7) is 9.97. The predicted molar refractivity (Wildman–Crippen MR) is 138 cm³/mol. The summed E-state index contributed by atoms with van der Waals surface area (Å²) in [5.41, 5.74) is 2.22. The second-order valence-electron chi connectivity index (χ2n) is 10.8. The van der Waals surface area contributed by atoms with E-state index in [2.05, 4.69) is 31.7 Å². The van der Waals surface area contributed by atoms with Crippen molar-refractivity contribution in [1.29, 1.82) is 0 Å². The summed E-state index contributed by atoms with van der Waals surface area (Å²) in [7, 11) is -1.84. The third-order valence-electron chi connectivity index (χ3n) is 7.07. The number of hydrogen-bond acceptors (Lipinski definition) is 4. The van der Waals surface area contributed by atoms with Crippen LogP contribution >= 0.6 is 11.6 Å². The van der Waals surface area contributed by atoms with Crippen molar-refractivity contribution < 1.29 is 13.2 Å². The van der Waals surface area contributed by atoms with Crippen LogP contribution in [-0.4, -0.2) is 50.4 Å². The van der Waals surface area contributed by atoms with E-state index in [0.717, 1.165) is 49.4 Å². The van der Waals surface area contributed by atoms with E-state index >= 15 is 0 Å². The van der Waals surface area contributed by atoms with Crippen LogP contribution in [0.2, 0.25) is 5.02 Å². The summed E-state index contributed by atoms with van der Waals surface area (Å²) in [6.07, 6.45) is 4.24. The average Bonchev–Trinajstić information content (AvgIpc) is 3.27. The summed E-state index contributed by atoms with van der Waals surface area (Å²) >= 11 is 6.66. The molecule has 186 valence electrons. The summed E-state index contributed by atoms with van der Waals surface area (Å²) in [6, 6.07) is 13.3. The molecule has 0 spiro atoms. The maximum atomic E-state index is 13.0. The fourth-order valence-corrected chi connectivity index (χ4v) is 6.30. The Bertz CT molecular complexity index is 1080. The van der Waals surface area contributed by atoms with Gasteiger partial charge >= 0.3 is 0 Å². The fraction of sp³-hybridized carbons (Fsp3) is 0.556. The SMILES string of the molecule is CN(CC1CC(Oc2cccc(CN3CCCC3)c2Cl)C1)S(=O)(=O)c1ccc(C(C)(C)C)cc1. The zero-order valence-electron chi connectivity index (χ0n) is 20.8. The van der Waals surface area contributed by atoms with Crippen molar-refractivity contribution in [1.82, 2.24) is 9.21 Å². The van der Waals surface area contributed by atoms with E-state index in [1.807, 2.05) is 24.3 Å². The summed E-state index contributed by atoms with van der Waals surface area (Å²) in [5.74, 6) is 1.02. The first-order valence-corrected chi connectivity index (χ1v) is 14.1. The van der Waals surface area contributed by atoms with Gasteiger partial charge < -0.3 is 4.74 Å². The van der Waals surface area contributed by atoms with E-state index in [0.29, 0.717) is 16.5 Å². The van der Waals surface area contributed by atoms with Gasteiger partial charge in [0, 0.05) is 20.1 Å².